The van der Waals surface area contributed by atoms with Gasteiger partial charge < -0.3 is 10.2 Å². The number of amides is 2. The van der Waals surface area contributed by atoms with Crippen molar-refractivity contribution in [2.24, 2.45) is 0 Å². The summed E-state index contributed by atoms with van der Waals surface area (Å²) in [6.07, 6.45) is 0.866. The van der Waals surface area contributed by atoms with Crippen LogP contribution in [-0.4, -0.2) is 35.1 Å². The number of nitrogens with one attached hydrogen (secondary N) is 1. The lowest BCUT2D eigenvalue weighted by molar-refractivity contribution is -0.138. The first kappa shape index (κ1) is 23.5. The Morgan fingerprint density at radius 1 is 1.14 bits per heavy atom. The Kier molecular flexibility index (Phi) is 9.74. The summed E-state index contributed by atoms with van der Waals surface area (Å²) in [7, 11) is 0. The van der Waals surface area contributed by atoms with Gasteiger partial charge in [0.25, 0.3) is 0 Å². The number of aryl methyl sites for hydroxylation is 1. The minimum Gasteiger partial charge on any atom is -0.354 e. The molecule has 29 heavy (non-hydrogen) atoms. The lowest BCUT2D eigenvalue weighted by Crippen LogP contribution is -2.48. The van der Waals surface area contributed by atoms with Crippen LogP contribution in [0.2, 0.25) is 0 Å². The van der Waals surface area contributed by atoms with Crippen LogP contribution >= 0.6 is 27.7 Å². The van der Waals surface area contributed by atoms with E-state index in [0.717, 1.165) is 22.2 Å². The molecule has 4 nitrogen and oxygen atoms in total. The minimum absolute atomic E-state index is 0.0225. The molecule has 0 heterocycles. The zero-order valence-corrected chi connectivity index (χ0v) is 19.7. The largest absolute Gasteiger partial charge is 0.354 e. The van der Waals surface area contributed by atoms with Crippen molar-refractivity contribution >= 4 is 39.5 Å². The number of nitrogens with zero attached hydrogens (tertiary/aromatic N) is 1. The van der Waals surface area contributed by atoms with Crippen molar-refractivity contribution in [1.29, 1.82) is 0 Å². The van der Waals surface area contributed by atoms with Crippen LogP contribution in [0.3, 0.4) is 0 Å². The molecule has 0 saturated carbocycles. The van der Waals surface area contributed by atoms with Gasteiger partial charge >= 0.3 is 0 Å². The van der Waals surface area contributed by atoms with Gasteiger partial charge in [-0.25, -0.2) is 0 Å². The summed E-state index contributed by atoms with van der Waals surface area (Å²) in [5.74, 6) is 0.990. The number of carbonyl (C=O) groups is 2. The summed E-state index contributed by atoms with van der Waals surface area (Å²) < 4.78 is 0.988. The molecule has 0 aliphatic carbocycles. The third kappa shape index (κ3) is 7.52. The van der Waals surface area contributed by atoms with Gasteiger partial charge in [0.05, 0.1) is 5.75 Å². The van der Waals surface area contributed by atoms with Gasteiger partial charge in [0.1, 0.15) is 6.04 Å². The number of thioether (sulfide) groups is 1. The Morgan fingerprint density at radius 2 is 1.83 bits per heavy atom. The van der Waals surface area contributed by atoms with Crippen molar-refractivity contribution in [3.63, 3.8) is 0 Å². The normalized spacial score (nSPS) is 11.7. The summed E-state index contributed by atoms with van der Waals surface area (Å²) in [4.78, 5) is 27.2. The van der Waals surface area contributed by atoms with Gasteiger partial charge in [-0.1, -0.05) is 59.3 Å². The second kappa shape index (κ2) is 12.0. The van der Waals surface area contributed by atoms with E-state index in [4.69, 9.17) is 0 Å². The maximum atomic E-state index is 13.0. The maximum absolute atomic E-state index is 13.0. The van der Waals surface area contributed by atoms with Gasteiger partial charge in [-0.2, -0.15) is 0 Å². The Bertz CT molecular complexity index is 811. The fourth-order valence-electron chi connectivity index (χ4n) is 2.87. The SMILES string of the molecule is CCCNC(=O)[C@@H](C)N(Cc1ccc(Br)cc1)C(=O)CSCc1ccccc1C. The van der Waals surface area contributed by atoms with E-state index in [-0.39, 0.29) is 11.8 Å². The smallest absolute Gasteiger partial charge is 0.242 e. The highest BCUT2D eigenvalue weighted by Crippen LogP contribution is 2.19. The van der Waals surface area contributed by atoms with E-state index in [0.29, 0.717) is 18.8 Å². The molecule has 0 spiro atoms. The van der Waals surface area contributed by atoms with Crippen molar-refractivity contribution < 1.29 is 9.59 Å². The molecule has 0 aliphatic heterocycles. The van der Waals surface area contributed by atoms with Crippen molar-refractivity contribution in [1.82, 2.24) is 10.2 Å². The molecule has 156 valence electrons. The Morgan fingerprint density at radius 3 is 2.48 bits per heavy atom. The molecular formula is C23H29BrN2O2S. The lowest BCUT2D eigenvalue weighted by Gasteiger charge is -2.28. The van der Waals surface area contributed by atoms with Crippen LogP contribution < -0.4 is 5.32 Å². The fraction of sp³-hybridized carbons (Fsp3) is 0.391. The van der Waals surface area contributed by atoms with Crippen LogP contribution in [0.5, 0.6) is 0 Å². The molecule has 0 saturated heterocycles. The Hall–Kier alpha value is -1.79. The van der Waals surface area contributed by atoms with E-state index < -0.39 is 6.04 Å². The topological polar surface area (TPSA) is 49.4 Å². The summed E-state index contributed by atoms with van der Waals surface area (Å²) in [5, 5.41) is 2.90. The second-order valence-corrected chi connectivity index (χ2v) is 8.94. The summed E-state index contributed by atoms with van der Waals surface area (Å²) >= 11 is 5.02. The molecule has 0 aliphatic rings. The van der Waals surface area contributed by atoms with Gasteiger partial charge in [-0.05, 0) is 49.1 Å². The number of benzene rings is 2. The highest BCUT2D eigenvalue weighted by molar-refractivity contribution is 9.10. The summed E-state index contributed by atoms with van der Waals surface area (Å²) in [5.41, 5.74) is 3.46. The van der Waals surface area contributed by atoms with Crippen molar-refractivity contribution in [3.8, 4) is 0 Å². The van der Waals surface area contributed by atoms with Crippen LogP contribution in [-0.2, 0) is 21.9 Å². The third-order valence-electron chi connectivity index (χ3n) is 4.73. The molecule has 2 amide bonds. The number of halogens is 1. The fourth-order valence-corrected chi connectivity index (χ4v) is 4.12. The standard InChI is InChI=1S/C23H29BrN2O2S/c1-4-13-25-23(28)18(3)26(14-19-9-11-21(24)12-10-19)22(27)16-29-15-20-8-6-5-7-17(20)2/h5-12,18H,4,13-16H2,1-3H3,(H,25,28)/t18-/m1/s1. The maximum Gasteiger partial charge on any atom is 0.242 e. The van der Waals surface area contributed by atoms with Crippen LogP contribution in [0.25, 0.3) is 0 Å². The molecule has 1 atom stereocenters. The van der Waals surface area contributed by atoms with Crippen LogP contribution in [0.4, 0.5) is 0 Å². The van der Waals surface area contributed by atoms with Gasteiger partial charge in [0.15, 0.2) is 0 Å². The Balaban J connectivity index is 2.05. The summed E-state index contributed by atoms with van der Waals surface area (Å²) in [6, 6.07) is 15.5. The molecule has 2 aromatic rings. The van der Waals surface area contributed by atoms with Gasteiger partial charge in [0, 0.05) is 23.3 Å². The van der Waals surface area contributed by atoms with E-state index in [2.05, 4.69) is 40.3 Å². The average molecular weight is 477 g/mol. The number of hydrogen-bond donors (Lipinski definition) is 1. The van der Waals surface area contributed by atoms with Crippen molar-refractivity contribution in [2.45, 2.75) is 45.5 Å². The minimum atomic E-state index is -0.517. The Labute approximate surface area is 186 Å². The summed E-state index contributed by atoms with van der Waals surface area (Å²) in [6.45, 7) is 6.92. The zero-order valence-electron chi connectivity index (χ0n) is 17.3. The number of rotatable bonds is 10. The molecule has 1 N–H and O–H groups in total. The van der Waals surface area contributed by atoms with Crippen LogP contribution in [0.1, 0.15) is 37.0 Å². The molecule has 2 aromatic carbocycles. The predicted octanol–water partition coefficient (Wildman–Crippen LogP) is 4.93. The zero-order chi connectivity index (χ0) is 21.2. The van der Waals surface area contributed by atoms with E-state index in [1.807, 2.05) is 43.3 Å². The lowest BCUT2D eigenvalue weighted by atomic mass is 10.1. The molecule has 2 rings (SSSR count). The first-order valence-corrected chi connectivity index (χ1v) is 11.8. The van der Waals surface area contributed by atoms with E-state index in [9.17, 15) is 9.59 Å². The van der Waals surface area contributed by atoms with Crippen LogP contribution in [0.15, 0.2) is 53.0 Å². The van der Waals surface area contributed by atoms with E-state index in [1.165, 1.54) is 11.1 Å². The highest BCUT2D eigenvalue weighted by Gasteiger charge is 2.25. The van der Waals surface area contributed by atoms with E-state index >= 15 is 0 Å². The molecule has 0 bridgehead atoms. The molecular weight excluding hydrogens is 448 g/mol. The molecule has 6 heteroatoms. The monoisotopic (exact) mass is 476 g/mol. The van der Waals surface area contributed by atoms with Gasteiger partial charge in [-0.3, -0.25) is 9.59 Å². The molecule has 0 unspecified atom stereocenters. The molecule has 0 radical (unpaired) electrons. The number of hydrogen-bond acceptors (Lipinski definition) is 3. The van der Waals surface area contributed by atoms with Crippen molar-refractivity contribution in [2.75, 3.05) is 12.3 Å². The van der Waals surface area contributed by atoms with E-state index in [1.54, 1.807) is 23.6 Å². The third-order valence-corrected chi connectivity index (χ3v) is 6.22. The molecule has 0 aromatic heterocycles. The highest BCUT2D eigenvalue weighted by atomic mass is 79.9. The van der Waals surface area contributed by atoms with Gasteiger partial charge in [-0.15, -0.1) is 11.8 Å². The first-order chi connectivity index (χ1) is 13.9. The molecule has 0 fully saturated rings. The van der Waals surface area contributed by atoms with Crippen molar-refractivity contribution in [3.05, 3.63) is 69.7 Å². The first-order valence-electron chi connectivity index (χ1n) is 9.86. The quantitative estimate of drug-likeness (QED) is 0.528. The predicted molar refractivity (Wildman–Crippen MR) is 125 cm³/mol. The van der Waals surface area contributed by atoms with Gasteiger partial charge in [0.2, 0.25) is 11.8 Å². The van der Waals surface area contributed by atoms with Crippen LogP contribution in [0, 0.1) is 6.92 Å². The second-order valence-electron chi connectivity index (χ2n) is 7.03. The number of carbonyl (C=O) groups excluding carboxylic acids is 2. The average Bonchev–Trinajstić information content (AvgIpc) is 2.72.